The second-order valence-corrected chi connectivity index (χ2v) is 8.80. The Morgan fingerprint density at radius 1 is 1.04 bits per heavy atom. The molecule has 0 aromatic heterocycles. The summed E-state index contributed by atoms with van der Waals surface area (Å²) < 4.78 is 13.4. The van der Waals surface area contributed by atoms with Crippen molar-refractivity contribution in [2.24, 2.45) is 5.92 Å². The summed E-state index contributed by atoms with van der Waals surface area (Å²) in [4.78, 5) is 1.11. The third kappa shape index (κ3) is 2.09. The van der Waals surface area contributed by atoms with Crippen molar-refractivity contribution >= 4 is 10.8 Å². The molecule has 1 nitrogen and oxygen atoms in total. The first kappa shape index (κ1) is 14.4. The summed E-state index contributed by atoms with van der Waals surface area (Å²) in [7, 11) is -0.964. The minimum Gasteiger partial charge on any atom is -0.254 e. The number of allylic oxidation sites excluding steroid dienone is 3. The molecule has 4 aliphatic rings. The lowest BCUT2D eigenvalue weighted by atomic mass is 9.75. The Bertz CT molecular complexity index is 904. The van der Waals surface area contributed by atoms with Crippen molar-refractivity contribution in [1.82, 2.24) is 0 Å². The summed E-state index contributed by atoms with van der Waals surface area (Å²) in [6.07, 6.45) is 8.58. The average molecular weight is 332 g/mol. The fourth-order valence-corrected chi connectivity index (χ4v) is 6.42. The smallest absolute Gasteiger partial charge is 0.0646 e. The van der Waals surface area contributed by atoms with Gasteiger partial charge in [0.25, 0.3) is 0 Å². The Balaban J connectivity index is 1.79. The van der Waals surface area contributed by atoms with Crippen LogP contribution in [0, 0.1) is 5.92 Å². The molecule has 2 heteroatoms. The standard InChI is InChI=1S/C22H20OS/c1-14-5-10-21-20(11-14)19-13-16-8-6-15(7-9-16)12-17-3-2-4-18(19)22(17)24(21)23/h2-11,19-21H,12-13H2,1H3/t19?,20-,21-,24?/m1/s1. The van der Waals surface area contributed by atoms with Gasteiger partial charge in [0.2, 0.25) is 0 Å². The molecule has 6 bridgehead atoms. The molecule has 24 heavy (non-hydrogen) atoms. The molecule has 4 atom stereocenters. The molecule has 3 aliphatic carbocycles. The molecule has 2 aromatic rings. The van der Waals surface area contributed by atoms with Crippen LogP contribution in [-0.2, 0) is 23.6 Å². The van der Waals surface area contributed by atoms with E-state index in [1.54, 1.807) is 0 Å². The first-order valence-electron chi connectivity index (χ1n) is 8.67. The number of fused-ring (bicyclic) bond motifs is 3. The van der Waals surface area contributed by atoms with Gasteiger partial charge in [0.05, 0.1) is 16.0 Å². The zero-order valence-corrected chi connectivity index (χ0v) is 14.6. The van der Waals surface area contributed by atoms with Crippen LogP contribution in [0.25, 0.3) is 0 Å². The number of rotatable bonds is 0. The van der Waals surface area contributed by atoms with Crippen molar-refractivity contribution in [2.45, 2.75) is 35.8 Å². The van der Waals surface area contributed by atoms with Gasteiger partial charge >= 0.3 is 0 Å². The van der Waals surface area contributed by atoms with E-state index in [1.165, 1.54) is 27.8 Å². The zero-order valence-electron chi connectivity index (χ0n) is 13.7. The summed E-state index contributed by atoms with van der Waals surface area (Å²) in [6, 6.07) is 15.6. The predicted octanol–water partition coefficient (Wildman–Crippen LogP) is 4.54. The molecule has 6 rings (SSSR count). The van der Waals surface area contributed by atoms with E-state index in [4.69, 9.17) is 0 Å². The highest BCUT2D eigenvalue weighted by molar-refractivity contribution is 7.86. The summed E-state index contributed by atoms with van der Waals surface area (Å²) in [5.74, 6) is 0.740. The summed E-state index contributed by atoms with van der Waals surface area (Å²) >= 11 is 0. The van der Waals surface area contributed by atoms with Crippen molar-refractivity contribution in [2.75, 3.05) is 0 Å². The molecule has 0 saturated carbocycles. The van der Waals surface area contributed by atoms with Crippen molar-refractivity contribution in [3.05, 3.63) is 88.5 Å². The molecular formula is C22H20OS. The first-order chi connectivity index (χ1) is 11.7. The van der Waals surface area contributed by atoms with Crippen LogP contribution in [0.3, 0.4) is 0 Å². The molecule has 0 fully saturated rings. The molecule has 2 unspecified atom stereocenters. The normalized spacial score (nSPS) is 29.8. The number of benzene rings is 2. The van der Waals surface area contributed by atoms with Crippen LogP contribution in [0.1, 0.15) is 35.1 Å². The van der Waals surface area contributed by atoms with Crippen molar-refractivity contribution in [1.29, 1.82) is 0 Å². The van der Waals surface area contributed by atoms with E-state index in [9.17, 15) is 4.21 Å². The lowest BCUT2D eigenvalue weighted by Gasteiger charge is -2.39. The predicted molar refractivity (Wildman–Crippen MR) is 98.7 cm³/mol. The molecule has 120 valence electrons. The molecule has 2 aromatic carbocycles. The molecule has 0 saturated heterocycles. The third-order valence-electron chi connectivity index (χ3n) is 5.70. The van der Waals surface area contributed by atoms with Crippen LogP contribution < -0.4 is 0 Å². The van der Waals surface area contributed by atoms with E-state index < -0.39 is 10.8 Å². The van der Waals surface area contributed by atoms with Crippen LogP contribution in [-0.4, -0.2) is 9.46 Å². The van der Waals surface area contributed by atoms with Gasteiger partial charge in [0.15, 0.2) is 0 Å². The maximum absolute atomic E-state index is 13.4. The molecule has 0 spiro atoms. The van der Waals surface area contributed by atoms with Crippen LogP contribution in [0.15, 0.2) is 71.2 Å². The molecule has 1 aliphatic heterocycles. The Morgan fingerprint density at radius 3 is 2.67 bits per heavy atom. The topological polar surface area (TPSA) is 17.1 Å². The Labute approximate surface area is 145 Å². The minimum absolute atomic E-state index is 0.115. The van der Waals surface area contributed by atoms with Gasteiger partial charge in [-0.05, 0) is 47.9 Å². The van der Waals surface area contributed by atoms with Gasteiger partial charge in [-0.3, -0.25) is 4.21 Å². The van der Waals surface area contributed by atoms with E-state index in [2.05, 4.69) is 67.6 Å². The van der Waals surface area contributed by atoms with Crippen LogP contribution in [0.4, 0.5) is 0 Å². The van der Waals surface area contributed by atoms with Gasteiger partial charge < -0.3 is 0 Å². The Hall–Kier alpha value is -1.93. The lowest BCUT2D eigenvalue weighted by Crippen LogP contribution is -2.36. The maximum atomic E-state index is 13.4. The van der Waals surface area contributed by atoms with Gasteiger partial charge in [-0.1, -0.05) is 66.3 Å². The fourth-order valence-electron chi connectivity index (χ4n) is 4.53. The summed E-state index contributed by atoms with van der Waals surface area (Å²) in [5.41, 5.74) is 6.53. The second kappa shape index (κ2) is 5.29. The third-order valence-corrected chi connectivity index (χ3v) is 7.56. The first-order valence-corrected chi connectivity index (χ1v) is 9.89. The van der Waals surface area contributed by atoms with E-state index in [0.29, 0.717) is 11.8 Å². The quantitative estimate of drug-likeness (QED) is 0.692. The maximum Gasteiger partial charge on any atom is 0.0646 e. The van der Waals surface area contributed by atoms with Gasteiger partial charge in [-0.25, -0.2) is 0 Å². The lowest BCUT2D eigenvalue weighted by molar-refractivity contribution is 0.481. The highest BCUT2D eigenvalue weighted by atomic mass is 32.2. The van der Waals surface area contributed by atoms with Crippen molar-refractivity contribution in [3.63, 3.8) is 0 Å². The molecule has 0 N–H and O–H groups in total. The highest BCUT2D eigenvalue weighted by Crippen LogP contribution is 2.46. The molecule has 0 amide bonds. The van der Waals surface area contributed by atoms with Crippen molar-refractivity contribution < 1.29 is 4.21 Å². The van der Waals surface area contributed by atoms with E-state index in [1.807, 2.05) is 0 Å². The van der Waals surface area contributed by atoms with Crippen LogP contribution in [0.5, 0.6) is 0 Å². The van der Waals surface area contributed by atoms with E-state index >= 15 is 0 Å². The van der Waals surface area contributed by atoms with Crippen LogP contribution in [0.2, 0.25) is 0 Å². The van der Waals surface area contributed by atoms with Crippen molar-refractivity contribution in [3.8, 4) is 0 Å². The minimum atomic E-state index is -0.964. The summed E-state index contributed by atoms with van der Waals surface area (Å²) in [6.45, 7) is 2.15. The second-order valence-electron chi connectivity index (χ2n) is 7.25. The molecule has 1 heterocycles. The number of hydrogen-bond acceptors (Lipinski definition) is 1. The molecular weight excluding hydrogens is 312 g/mol. The van der Waals surface area contributed by atoms with E-state index in [0.717, 1.165) is 17.7 Å². The SMILES string of the molecule is CC1=C[C@@H]2C3Cc4ccc(cc4)Cc4cccc3c4S(=O)[C@@H]2C=C1. The monoisotopic (exact) mass is 332 g/mol. The van der Waals surface area contributed by atoms with Gasteiger partial charge in [0, 0.05) is 10.8 Å². The average Bonchev–Trinajstić information content (AvgIpc) is 2.59. The fraction of sp³-hybridized carbons (Fsp3) is 0.273. The summed E-state index contributed by atoms with van der Waals surface area (Å²) in [5, 5.41) is 0.115. The number of hydrogen-bond donors (Lipinski definition) is 0. The van der Waals surface area contributed by atoms with Gasteiger partial charge in [-0.2, -0.15) is 0 Å². The Kier molecular flexibility index (Phi) is 3.18. The van der Waals surface area contributed by atoms with E-state index in [-0.39, 0.29) is 5.25 Å². The largest absolute Gasteiger partial charge is 0.254 e. The molecule has 0 radical (unpaired) electrons. The van der Waals surface area contributed by atoms with Crippen LogP contribution >= 0.6 is 0 Å². The Morgan fingerprint density at radius 2 is 1.83 bits per heavy atom. The zero-order chi connectivity index (χ0) is 16.3. The van der Waals surface area contributed by atoms with Gasteiger partial charge in [0.1, 0.15) is 0 Å². The van der Waals surface area contributed by atoms with Gasteiger partial charge in [-0.15, -0.1) is 0 Å². The highest BCUT2D eigenvalue weighted by Gasteiger charge is 2.41.